The van der Waals surface area contributed by atoms with E-state index in [9.17, 15) is 9.59 Å². The van der Waals surface area contributed by atoms with Gasteiger partial charge in [0.15, 0.2) is 6.61 Å². The lowest BCUT2D eigenvalue weighted by Gasteiger charge is -2.37. The van der Waals surface area contributed by atoms with Crippen molar-refractivity contribution in [2.75, 3.05) is 37.7 Å². The summed E-state index contributed by atoms with van der Waals surface area (Å²) in [5.74, 6) is -0.487. The molecule has 2 aromatic rings. The Hall–Kier alpha value is -2.47. The number of benzene rings is 2. The maximum Gasteiger partial charge on any atom is 0.319 e. The van der Waals surface area contributed by atoms with Crippen molar-refractivity contribution in [2.45, 2.75) is 37.8 Å². The van der Waals surface area contributed by atoms with E-state index in [1.165, 1.54) is 34.1 Å². The Morgan fingerprint density at radius 3 is 2.33 bits per heavy atom. The standard InChI is InChI=1S/C24H30N2O3S/c1-17-8-10-21(11-9-17)30-20(4)24(28)29-16-23(27)26-14-12-25(13-15-26)22-7-5-6-18(2)19(22)3/h5-11,20H,12-16H2,1-4H3/t20-/m1/s1. The zero-order valence-electron chi connectivity index (χ0n) is 18.2. The molecule has 0 radical (unpaired) electrons. The second-order valence-corrected chi connectivity index (χ2v) is 9.18. The van der Waals surface area contributed by atoms with E-state index < -0.39 is 0 Å². The van der Waals surface area contributed by atoms with Crippen molar-refractivity contribution in [1.29, 1.82) is 0 Å². The minimum absolute atomic E-state index is 0.128. The predicted octanol–water partition coefficient (Wildman–Crippen LogP) is 3.98. The van der Waals surface area contributed by atoms with Crippen molar-refractivity contribution >= 4 is 29.3 Å². The zero-order valence-corrected chi connectivity index (χ0v) is 19.0. The summed E-state index contributed by atoms with van der Waals surface area (Å²) >= 11 is 1.44. The first-order valence-corrected chi connectivity index (χ1v) is 11.2. The lowest BCUT2D eigenvalue weighted by atomic mass is 10.1. The van der Waals surface area contributed by atoms with E-state index in [0.29, 0.717) is 13.1 Å². The number of hydrogen-bond acceptors (Lipinski definition) is 5. The molecule has 1 saturated heterocycles. The molecule has 1 aliphatic heterocycles. The zero-order chi connectivity index (χ0) is 21.7. The molecular formula is C24H30N2O3S. The second kappa shape index (κ2) is 10.0. The van der Waals surface area contributed by atoms with Crippen molar-refractivity contribution in [3.05, 3.63) is 59.2 Å². The summed E-state index contributed by atoms with van der Waals surface area (Å²) in [7, 11) is 0. The molecule has 5 nitrogen and oxygen atoms in total. The van der Waals surface area contributed by atoms with Gasteiger partial charge in [-0.05, 0) is 57.0 Å². The molecule has 0 N–H and O–H groups in total. The summed E-state index contributed by atoms with van der Waals surface area (Å²) < 4.78 is 5.30. The third-order valence-corrected chi connectivity index (χ3v) is 6.64. The molecule has 0 spiro atoms. The van der Waals surface area contributed by atoms with Crippen LogP contribution in [-0.4, -0.2) is 54.8 Å². The Morgan fingerprint density at radius 2 is 1.67 bits per heavy atom. The molecule has 6 heteroatoms. The maximum atomic E-state index is 12.5. The van der Waals surface area contributed by atoms with Crippen LogP contribution in [-0.2, 0) is 14.3 Å². The highest BCUT2D eigenvalue weighted by Gasteiger charge is 2.24. The molecule has 0 unspecified atom stereocenters. The maximum absolute atomic E-state index is 12.5. The Balaban J connectivity index is 1.44. The fraction of sp³-hybridized carbons (Fsp3) is 0.417. The summed E-state index contributed by atoms with van der Waals surface area (Å²) in [6.07, 6.45) is 0. The van der Waals surface area contributed by atoms with E-state index >= 15 is 0 Å². The Morgan fingerprint density at radius 1 is 1.00 bits per heavy atom. The summed E-state index contributed by atoms with van der Waals surface area (Å²) in [5.41, 5.74) is 4.97. The van der Waals surface area contributed by atoms with Crippen molar-refractivity contribution in [3.63, 3.8) is 0 Å². The van der Waals surface area contributed by atoms with Crippen LogP contribution < -0.4 is 4.90 Å². The number of thioether (sulfide) groups is 1. The first-order chi connectivity index (χ1) is 14.3. The van der Waals surface area contributed by atoms with Gasteiger partial charge in [-0.25, -0.2) is 0 Å². The summed E-state index contributed by atoms with van der Waals surface area (Å²) in [6.45, 7) is 10.7. The number of carbonyl (C=O) groups excluding carboxylic acids is 2. The van der Waals surface area contributed by atoms with Crippen LogP contribution in [0.4, 0.5) is 5.69 Å². The molecule has 1 heterocycles. The van der Waals surface area contributed by atoms with E-state index in [1.807, 2.05) is 31.2 Å². The highest BCUT2D eigenvalue weighted by Crippen LogP contribution is 2.25. The van der Waals surface area contributed by atoms with Crippen LogP contribution in [0.3, 0.4) is 0 Å². The van der Waals surface area contributed by atoms with E-state index in [1.54, 1.807) is 11.8 Å². The first-order valence-electron chi connectivity index (χ1n) is 10.3. The summed E-state index contributed by atoms with van der Waals surface area (Å²) in [6, 6.07) is 14.3. The van der Waals surface area contributed by atoms with Crippen LogP contribution in [0.1, 0.15) is 23.6 Å². The summed E-state index contributed by atoms with van der Waals surface area (Å²) in [4.78, 5) is 29.9. The van der Waals surface area contributed by atoms with Crippen molar-refractivity contribution < 1.29 is 14.3 Å². The molecular weight excluding hydrogens is 396 g/mol. The van der Waals surface area contributed by atoms with Crippen LogP contribution in [0, 0.1) is 20.8 Å². The monoisotopic (exact) mass is 426 g/mol. The minimum atomic E-state index is -0.360. The Kier molecular flexibility index (Phi) is 7.43. The van der Waals surface area contributed by atoms with Gasteiger partial charge in [-0.1, -0.05) is 29.8 Å². The van der Waals surface area contributed by atoms with Crippen LogP contribution in [0.2, 0.25) is 0 Å². The fourth-order valence-corrected chi connectivity index (χ4v) is 4.35. The second-order valence-electron chi connectivity index (χ2n) is 7.77. The van der Waals surface area contributed by atoms with Crippen molar-refractivity contribution in [2.24, 2.45) is 0 Å². The van der Waals surface area contributed by atoms with E-state index in [-0.39, 0.29) is 23.7 Å². The van der Waals surface area contributed by atoms with Gasteiger partial charge in [0.1, 0.15) is 5.25 Å². The Bertz CT molecular complexity index is 890. The first kappa shape index (κ1) is 22.2. The molecule has 1 atom stereocenters. The van der Waals surface area contributed by atoms with Crippen LogP contribution >= 0.6 is 11.8 Å². The number of ether oxygens (including phenoxy) is 1. The molecule has 0 aliphatic carbocycles. The predicted molar refractivity (Wildman–Crippen MR) is 122 cm³/mol. The van der Waals surface area contributed by atoms with Crippen LogP contribution in [0.25, 0.3) is 0 Å². The Labute approximate surface area is 183 Å². The minimum Gasteiger partial charge on any atom is -0.455 e. The van der Waals surface area contributed by atoms with Crippen molar-refractivity contribution in [3.8, 4) is 0 Å². The lowest BCUT2D eigenvalue weighted by Crippen LogP contribution is -2.50. The number of nitrogens with zero attached hydrogens (tertiary/aromatic N) is 2. The third-order valence-electron chi connectivity index (χ3n) is 5.55. The molecule has 1 amide bonds. The highest BCUT2D eigenvalue weighted by molar-refractivity contribution is 8.00. The topological polar surface area (TPSA) is 49.9 Å². The molecule has 2 aromatic carbocycles. The van der Waals surface area contributed by atoms with Crippen LogP contribution in [0.15, 0.2) is 47.4 Å². The number of hydrogen-bond donors (Lipinski definition) is 0. The quantitative estimate of drug-likeness (QED) is 0.516. The molecule has 0 bridgehead atoms. The average Bonchev–Trinajstić information content (AvgIpc) is 2.75. The van der Waals surface area contributed by atoms with Gasteiger partial charge in [-0.15, -0.1) is 11.8 Å². The van der Waals surface area contributed by atoms with Gasteiger partial charge < -0.3 is 14.5 Å². The van der Waals surface area contributed by atoms with Gasteiger partial charge in [0, 0.05) is 36.8 Å². The molecule has 0 aromatic heterocycles. The van der Waals surface area contributed by atoms with E-state index in [4.69, 9.17) is 4.74 Å². The van der Waals surface area contributed by atoms with Gasteiger partial charge >= 0.3 is 5.97 Å². The third kappa shape index (κ3) is 5.57. The highest BCUT2D eigenvalue weighted by atomic mass is 32.2. The SMILES string of the molecule is Cc1ccc(S[C@H](C)C(=O)OCC(=O)N2CCN(c3cccc(C)c3C)CC2)cc1. The molecule has 1 aliphatic rings. The number of aryl methyl sites for hydroxylation is 2. The van der Waals surface area contributed by atoms with Gasteiger partial charge in [-0.3, -0.25) is 9.59 Å². The number of rotatable bonds is 6. The number of esters is 1. The fourth-order valence-electron chi connectivity index (χ4n) is 3.49. The normalized spacial score (nSPS) is 15.1. The summed E-state index contributed by atoms with van der Waals surface area (Å²) in [5, 5.41) is -0.360. The number of anilines is 1. The average molecular weight is 427 g/mol. The number of amides is 1. The molecule has 0 saturated carbocycles. The van der Waals surface area contributed by atoms with Gasteiger partial charge in [0.25, 0.3) is 5.91 Å². The number of piperazine rings is 1. The van der Waals surface area contributed by atoms with Crippen molar-refractivity contribution in [1.82, 2.24) is 4.90 Å². The molecule has 3 rings (SSSR count). The van der Waals surface area contributed by atoms with Gasteiger partial charge in [0.2, 0.25) is 0 Å². The molecule has 160 valence electrons. The molecule has 1 fully saturated rings. The van der Waals surface area contributed by atoms with E-state index in [0.717, 1.165) is 18.0 Å². The van der Waals surface area contributed by atoms with E-state index in [2.05, 4.69) is 36.9 Å². The van der Waals surface area contributed by atoms with Gasteiger partial charge in [-0.2, -0.15) is 0 Å². The lowest BCUT2D eigenvalue weighted by molar-refractivity contribution is -0.151. The largest absolute Gasteiger partial charge is 0.455 e. The molecule has 30 heavy (non-hydrogen) atoms. The van der Waals surface area contributed by atoms with Gasteiger partial charge in [0.05, 0.1) is 0 Å². The smallest absolute Gasteiger partial charge is 0.319 e. The van der Waals surface area contributed by atoms with Crippen LogP contribution in [0.5, 0.6) is 0 Å². The number of carbonyl (C=O) groups is 2.